The Balaban J connectivity index is 2.30. The predicted octanol–water partition coefficient (Wildman–Crippen LogP) is 0.244. The van der Waals surface area contributed by atoms with Gasteiger partial charge in [0.2, 0.25) is 0 Å². The third-order valence-corrected chi connectivity index (χ3v) is 5.33. The van der Waals surface area contributed by atoms with E-state index in [2.05, 4.69) is 5.10 Å². The zero-order chi connectivity index (χ0) is 14.2. The molecule has 7 nitrogen and oxygen atoms in total. The Kier molecular flexibility index (Phi) is 3.64. The number of sulfonamides is 1. The molecular formula is C11H17N3O4S. The van der Waals surface area contributed by atoms with Crippen LogP contribution in [-0.2, 0) is 21.4 Å². The van der Waals surface area contributed by atoms with E-state index in [1.807, 2.05) is 0 Å². The molecule has 2 heterocycles. The number of aryl methyl sites for hydroxylation is 1. The standard InChI is InChI=1S/C11H17N3O4S/c1-3-14-10(4-5-12-14)19(17,18)13-6-8(2)9(7-13)11(15)16/h4-5,8-9H,3,6-7H2,1-2H3,(H,15,16)/t8-,9-/m1/s1. The van der Waals surface area contributed by atoms with Crippen LogP contribution in [0.15, 0.2) is 17.3 Å². The maximum Gasteiger partial charge on any atom is 0.308 e. The summed E-state index contributed by atoms with van der Waals surface area (Å²) in [5.74, 6) is -1.78. The van der Waals surface area contributed by atoms with E-state index in [0.717, 1.165) is 0 Å². The lowest BCUT2D eigenvalue weighted by Crippen LogP contribution is -2.31. The lowest BCUT2D eigenvalue weighted by Gasteiger charge is -2.16. The molecule has 2 rings (SSSR count). The van der Waals surface area contributed by atoms with Gasteiger partial charge in [0.05, 0.1) is 12.1 Å². The summed E-state index contributed by atoms with van der Waals surface area (Å²) < 4.78 is 27.6. The quantitative estimate of drug-likeness (QED) is 0.856. The summed E-state index contributed by atoms with van der Waals surface area (Å²) in [5.41, 5.74) is 0. The molecule has 0 saturated carbocycles. The van der Waals surface area contributed by atoms with Crippen LogP contribution in [0, 0.1) is 11.8 Å². The molecule has 0 unspecified atom stereocenters. The minimum atomic E-state index is -3.67. The Morgan fingerprint density at radius 1 is 1.53 bits per heavy atom. The normalized spacial score (nSPS) is 24.7. The van der Waals surface area contributed by atoms with Crippen LogP contribution in [0.5, 0.6) is 0 Å². The highest BCUT2D eigenvalue weighted by atomic mass is 32.2. The summed E-state index contributed by atoms with van der Waals surface area (Å²) in [6.45, 7) is 4.26. The summed E-state index contributed by atoms with van der Waals surface area (Å²) in [5, 5.41) is 13.1. The van der Waals surface area contributed by atoms with Crippen molar-refractivity contribution in [2.24, 2.45) is 11.8 Å². The Labute approximate surface area is 111 Å². The fourth-order valence-corrected chi connectivity index (χ4v) is 4.08. The van der Waals surface area contributed by atoms with Crippen molar-refractivity contribution in [2.75, 3.05) is 13.1 Å². The van der Waals surface area contributed by atoms with Crippen molar-refractivity contribution in [3.63, 3.8) is 0 Å². The van der Waals surface area contributed by atoms with Crippen molar-refractivity contribution in [2.45, 2.75) is 25.4 Å². The molecule has 8 heteroatoms. The highest BCUT2D eigenvalue weighted by Gasteiger charge is 2.41. The second kappa shape index (κ2) is 4.93. The number of nitrogens with zero attached hydrogens (tertiary/aromatic N) is 3. The largest absolute Gasteiger partial charge is 0.481 e. The van der Waals surface area contributed by atoms with Gasteiger partial charge in [-0.1, -0.05) is 6.92 Å². The van der Waals surface area contributed by atoms with Crippen molar-refractivity contribution < 1.29 is 18.3 Å². The monoisotopic (exact) mass is 287 g/mol. The van der Waals surface area contributed by atoms with Crippen LogP contribution in [0.4, 0.5) is 0 Å². The molecule has 19 heavy (non-hydrogen) atoms. The number of hydrogen-bond acceptors (Lipinski definition) is 4. The van der Waals surface area contributed by atoms with Crippen molar-refractivity contribution in [1.82, 2.24) is 14.1 Å². The zero-order valence-electron chi connectivity index (χ0n) is 10.9. The zero-order valence-corrected chi connectivity index (χ0v) is 11.7. The molecule has 1 fully saturated rings. The van der Waals surface area contributed by atoms with Gasteiger partial charge in [-0.2, -0.15) is 9.40 Å². The Bertz CT molecular complexity index is 581. The molecule has 1 aromatic heterocycles. The summed E-state index contributed by atoms with van der Waals surface area (Å²) in [6, 6.07) is 1.44. The third kappa shape index (κ3) is 2.37. The third-order valence-electron chi connectivity index (χ3n) is 3.48. The van der Waals surface area contributed by atoms with Gasteiger partial charge >= 0.3 is 5.97 Å². The number of carbonyl (C=O) groups is 1. The van der Waals surface area contributed by atoms with Crippen LogP contribution >= 0.6 is 0 Å². The fourth-order valence-electron chi connectivity index (χ4n) is 2.35. The number of rotatable bonds is 4. The van der Waals surface area contributed by atoms with Gasteiger partial charge in [-0.3, -0.25) is 9.48 Å². The fraction of sp³-hybridized carbons (Fsp3) is 0.636. The Morgan fingerprint density at radius 2 is 2.21 bits per heavy atom. The first-order chi connectivity index (χ1) is 8.87. The van der Waals surface area contributed by atoms with Gasteiger partial charge in [0.25, 0.3) is 10.0 Å². The first-order valence-electron chi connectivity index (χ1n) is 6.12. The van der Waals surface area contributed by atoms with Crippen LogP contribution in [0.2, 0.25) is 0 Å². The number of aliphatic carboxylic acids is 1. The molecule has 1 aromatic rings. The summed E-state index contributed by atoms with van der Waals surface area (Å²) in [6.07, 6.45) is 1.44. The van der Waals surface area contributed by atoms with Crippen LogP contribution in [0.3, 0.4) is 0 Å². The van der Waals surface area contributed by atoms with Gasteiger partial charge in [0.15, 0.2) is 5.03 Å². The molecule has 106 valence electrons. The van der Waals surface area contributed by atoms with Gasteiger partial charge < -0.3 is 5.11 Å². The topological polar surface area (TPSA) is 92.5 Å². The molecule has 0 aliphatic carbocycles. The number of carboxylic acid groups (broad SMARTS) is 1. The lowest BCUT2D eigenvalue weighted by molar-refractivity contribution is -0.142. The van der Waals surface area contributed by atoms with Crippen LogP contribution in [0.1, 0.15) is 13.8 Å². The highest BCUT2D eigenvalue weighted by Crippen LogP contribution is 2.28. The van der Waals surface area contributed by atoms with Crippen LogP contribution in [-0.4, -0.2) is 46.7 Å². The molecule has 0 aromatic carbocycles. The molecule has 0 amide bonds. The molecule has 0 bridgehead atoms. The Morgan fingerprint density at radius 3 is 2.74 bits per heavy atom. The molecule has 0 spiro atoms. The van der Waals surface area contributed by atoms with E-state index in [0.29, 0.717) is 6.54 Å². The first kappa shape index (κ1) is 14.0. The highest BCUT2D eigenvalue weighted by molar-refractivity contribution is 7.89. The van der Waals surface area contributed by atoms with Crippen molar-refractivity contribution in [3.8, 4) is 0 Å². The second-order valence-corrected chi connectivity index (χ2v) is 6.61. The summed E-state index contributed by atoms with van der Waals surface area (Å²) >= 11 is 0. The summed E-state index contributed by atoms with van der Waals surface area (Å²) in [4.78, 5) is 11.1. The minimum absolute atomic E-state index is 0.0216. The predicted molar refractivity (Wildman–Crippen MR) is 66.9 cm³/mol. The van der Waals surface area contributed by atoms with Gasteiger partial charge in [0.1, 0.15) is 0 Å². The number of hydrogen-bond donors (Lipinski definition) is 1. The van der Waals surface area contributed by atoms with E-state index in [1.54, 1.807) is 13.8 Å². The second-order valence-electron chi connectivity index (χ2n) is 4.73. The average Bonchev–Trinajstić information content (AvgIpc) is 2.94. The molecule has 1 N–H and O–H groups in total. The molecule has 1 aliphatic heterocycles. The number of aromatic nitrogens is 2. The van der Waals surface area contributed by atoms with Crippen LogP contribution in [0.25, 0.3) is 0 Å². The maximum absolute atomic E-state index is 12.5. The van der Waals surface area contributed by atoms with Gasteiger partial charge in [0, 0.05) is 19.6 Å². The van der Waals surface area contributed by atoms with Crippen molar-refractivity contribution >= 4 is 16.0 Å². The van der Waals surface area contributed by atoms with Crippen molar-refractivity contribution in [1.29, 1.82) is 0 Å². The molecule has 0 radical (unpaired) electrons. The van der Waals surface area contributed by atoms with Gasteiger partial charge in [-0.05, 0) is 18.9 Å². The van der Waals surface area contributed by atoms with E-state index in [9.17, 15) is 13.2 Å². The van der Waals surface area contributed by atoms with E-state index in [-0.39, 0.29) is 24.0 Å². The van der Waals surface area contributed by atoms with E-state index in [1.165, 1.54) is 21.3 Å². The van der Waals surface area contributed by atoms with E-state index in [4.69, 9.17) is 5.11 Å². The lowest BCUT2D eigenvalue weighted by atomic mass is 9.99. The first-order valence-corrected chi connectivity index (χ1v) is 7.56. The average molecular weight is 287 g/mol. The smallest absolute Gasteiger partial charge is 0.308 e. The van der Waals surface area contributed by atoms with Crippen molar-refractivity contribution in [3.05, 3.63) is 12.3 Å². The van der Waals surface area contributed by atoms with E-state index < -0.39 is 21.9 Å². The summed E-state index contributed by atoms with van der Waals surface area (Å²) in [7, 11) is -3.67. The minimum Gasteiger partial charge on any atom is -0.481 e. The van der Waals surface area contributed by atoms with E-state index >= 15 is 0 Å². The van der Waals surface area contributed by atoms with Crippen LogP contribution < -0.4 is 0 Å². The number of carboxylic acids is 1. The molecular weight excluding hydrogens is 270 g/mol. The molecule has 2 atom stereocenters. The maximum atomic E-state index is 12.5. The Hall–Kier alpha value is -1.41. The van der Waals surface area contributed by atoms with Gasteiger partial charge in [-0.25, -0.2) is 8.42 Å². The SMILES string of the molecule is CCn1nccc1S(=O)(=O)N1C[C@@H](C)[C@H](C(=O)O)C1. The van der Waals surface area contributed by atoms with Gasteiger partial charge in [-0.15, -0.1) is 0 Å². The molecule has 1 saturated heterocycles. The molecule has 1 aliphatic rings.